The van der Waals surface area contributed by atoms with Gasteiger partial charge in [0, 0.05) is 94.1 Å². The normalized spacial score (nSPS) is 35.1. The highest BCUT2D eigenvalue weighted by atomic mass is 32.2. The number of carboxylic acid groups (broad SMARTS) is 3. The summed E-state index contributed by atoms with van der Waals surface area (Å²) in [5, 5.41) is 58.8. The molecule has 23 nitrogen and oxygen atoms in total. The van der Waals surface area contributed by atoms with E-state index in [1.165, 1.54) is 25.3 Å². The summed E-state index contributed by atoms with van der Waals surface area (Å²) in [5.41, 5.74) is 3.77. The molecule has 8 aliphatic carbocycles. The van der Waals surface area contributed by atoms with Gasteiger partial charge in [-0.05, 0) is 248 Å². The molecule has 0 unspecified atom stereocenters. The van der Waals surface area contributed by atoms with Gasteiger partial charge in [-0.25, -0.2) is 38.5 Å². The van der Waals surface area contributed by atoms with E-state index in [0.29, 0.717) is 105 Å². The third-order valence-corrected chi connectivity index (χ3v) is 44.0. The maximum Gasteiger partial charge on any atom is 0.341 e. The zero-order chi connectivity index (χ0) is 94.6. The van der Waals surface area contributed by atoms with Gasteiger partial charge in [0.05, 0.1) is 70.0 Å². The van der Waals surface area contributed by atoms with E-state index in [1.807, 2.05) is 6.07 Å². The molecule has 13 aliphatic rings. The van der Waals surface area contributed by atoms with Gasteiger partial charge >= 0.3 is 17.9 Å². The summed E-state index contributed by atoms with van der Waals surface area (Å²) in [7, 11) is -11.2. The fraction of sp³-hybridized carbons (Fsp3) is 0.718. The molecular weight excluding hydrogens is 1730 g/mol. The van der Waals surface area contributed by atoms with E-state index in [0.717, 1.165) is 133 Å². The van der Waals surface area contributed by atoms with Crippen LogP contribution in [0.15, 0.2) is 74.4 Å². The largest absolute Gasteiger partial charge is 0.509 e. The highest BCUT2D eigenvalue weighted by Gasteiger charge is 2.68. The Balaban J connectivity index is 0.000000148. The molecule has 0 bridgehead atoms. The molecule has 5 aliphatic heterocycles. The smallest absolute Gasteiger partial charge is 0.341 e. The van der Waals surface area contributed by atoms with Crippen molar-refractivity contribution in [3.05, 3.63) is 93.7 Å². The van der Waals surface area contributed by atoms with Gasteiger partial charge in [-0.2, -0.15) is 0 Å². The van der Waals surface area contributed by atoms with Crippen LogP contribution in [0.3, 0.4) is 0 Å². The van der Waals surface area contributed by atoms with Crippen LogP contribution in [0.4, 0.5) is 0 Å². The minimum Gasteiger partial charge on any atom is -0.509 e. The van der Waals surface area contributed by atoms with Crippen molar-refractivity contribution in [2.45, 2.75) is 320 Å². The number of ether oxygens (including phenoxy) is 5. The molecule has 5 heterocycles. The van der Waals surface area contributed by atoms with Crippen molar-refractivity contribution in [1.29, 1.82) is 0 Å². The van der Waals surface area contributed by atoms with Crippen molar-refractivity contribution in [2.75, 3.05) is 76.7 Å². The molecule has 9 fully saturated rings. The Kier molecular flexibility index (Phi) is 27.3. The Morgan fingerprint density at radius 3 is 1.15 bits per heavy atom. The molecule has 0 spiro atoms. The summed E-state index contributed by atoms with van der Waals surface area (Å²) in [4.78, 5) is 36.3. The fourth-order valence-corrected chi connectivity index (χ4v) is 40.7. The number of benzene rings is 4. The molecule has 724 valence electrons. The van der Waals surface area contributed by atoms with Crippen molar-refractivity contribution in [3.8, 4) is 34.5 Å². The van der Waals surface area contributed by atoms with E-state index in [9.17, 15) is 63.4 Å². The number of morpholine rings is 1. The number of aromatic hydroxyl groups is 2. The monoisotopic (exact) mass is 1880 g/mol. The van der Waals surface area contributed by atoms with Gasteiger partial charge in [-0.1, -0.05) is 150 Å². The van der Waals surface area contributed by atoms with Crippen LogP contribution < -0.4 is 18.9 Å². The number of hydrogen-bond donors (Lipinski definition) is 6. The molecule has 6 N–H and O–H groups in total. The lowest BCUT2D eigenvalue weighted by Gasteiger charge is -2.64. The molecule has 8 saturated carbocycles. The highest BCUT2D eigenvalue weighted by molar-refractivity contribution is 7.92. The van der Waals surface area contributed by atoms with Crippen molar-refractivity contribution < 1.29 is 102 Å². The van der Waals surface area contributed by atoms with Gasteiger partial charge < -0.3 is 54.3 Å². The maximum absolute atomic E-state index is 14.1. The number of aryl methyl sites for hydroxylation is 2. The SMILES string of the molecule is C.C=C(O)COc1cc(OCC(=O)O)cc2c1[C@]1(C)CC[C@H]3C(C)(C)CCC[C@]3(C)[C@H]1CS2(=O)=O.CC1(C)CCC[C@]2(C)[C@H]3CS(=O)(=O)c4cc(CCC(=O)O)cc(O)c4[C@]3(C)CC[C@@H]12.COc1cc(CCC(=O)O)cc2c1[C@]1(C)CC[C@H]3C(C)(C)CCC[C@]3(C)[C@H]1CS2(=O)=O.COc1cc(O)c(CN2CCOCC2)c2c1[C@]1(C)CC[C@H]3C(C)(C)CCC[C@]3(C)[C@H]1CS2(=O)=O. The number of rotatable bonds is 16. The first kappa shape index (κ1) is 101. The quantitative estimate of drug-likeness (QED) is 0.0567. The first-order valence-corrected chi connectivity index (χ1v) is 54.1. The molecule has 0 radical (unpaired) electrons. The molecule has 27 heteroatoms. The molecule has 1 saturated heterocycles. The second-order valence-electron chi connectivity index (χ2n) is 46.2. The number of fused-ring (bicyclic) bond motifs is 20. The van der Waals surface area contributed by atoms with E-state index in [2.05, 4.69) is 122 Å². The summed E-state index contributed by atoms with van der Waals surface area (Å²) in [5.74, 6) is 0.805. The second kappa shape index (κ2) is 35.2. The minimum absolute atomic E-state index is 0. The van der Waals surface area contributed by atoms with Gasteiger partial charge in [-0.15, -0.1) is 0 Å². The number of carbonyl (C=O) groups is 3. The van der Waals surface area contributed by atoms with Crippen LogP contribution in [0.2, 0.25) is 0 Å². The van der Waals surface area contributed by atoms with Gasteiger partial charge in [0.1, 0.15) is 46.9 Å². The number of phenols is 2. The Morgan fingerprint density at radius 1 is 0.408 bits per heavy atom. The van der Waals surface area contributed by atoms with E-state index in [-0.39, 0.29) is 167 Å². The number of methoxy groups -OCH3 is 2. The summed E-state index contributed by atoms with van der Waals surface area (Å²) in [6.07, 6.45) is 21.6. The maximum atomic E-state index is 14.1. The molecular formula is C103H151NO22S4. The van der Waals surface area contributed by atoms with Crippen LogP contribution >= 0.6 is 0 Å². The van der Waals surface area contributed by atoms with Crippen LogP contribution in [0, 0.1) is 90.7 Å². The predicted molar refractivity (Wildman–Crippen MR) is 503 cm³/mol. The number of sulfone groups is 4. The number of aliphatic hydroxyl groups excluding tert-OH is 1. The molecule has 16 atom stereocenters. The zero-order valence-corrected chi connectivity index (χ0v) is 83.2. The highest BCUT2D eigenvalue weighted by Crippen LogP contribution is 2.73. The summed E-state index contributed by atoms with van der Waals surface area (Å²) >= 11 is 0. The Bertz CT molecular complexity index is 5560. The van der Waals surface area contributed by atoms with Gasteiger partial charge in [-0.3, -0.25) is 14.5 Å². The van der Waals surface area contributed by atoms with E-state index >= 15 is 0 Å². The van der Waals surface area contributed by atoms with Crippen molar-refractivity contribution in [1.82, 2.24) is 4.90 Å². The average Bonchev–Trinajstić information content (AvgIpc) is 0.503. The molecule has 0 aromatic heterocycles. The average molecular weight is 1880 g/mol. The third-order valence-electron chi connectivity index (χ3n) is 36.9. The molecule has 130 heavy (non-hydrogen) atoms. The summed E-state index contributed by atoms with van der Waals surface area (Å²) < 4.78 is 138. The molecule has 4 aromatic carbocycles. The van der Waals surface area contributed by atoms with Gasteiger partial charge in [0.15, 0.2) is 46.0 Å². The minimum atomic E-state index is -3.69. The lowest BCUT2D eigenvalue weighted by molar-refractivity contribution is -0.139. The van der Waals surface area contributed by atoms with E-state index < -0.39 is 74.7 Å². The van der Waals surface area contributed by atoms with Crippen molar-refractivity contribution in [3.63, 3.8) is 0 Å². The molecule has 0 amide bonds. The summed E-state index contributed by atoms with van der Waals surface area (Å²) in [6, 6.07) is 11.4. The number of aliphatic hydroxyl groups is 1. The standard InChI is InChI=1S/C27H41NO5S.C26H36O7S.C25H36O5S.C24H34O5S.CH4/c1-25(2)8-6-9-26(3)21(25)7-10-27(4)22(26)17-34(30,31)24-18(16-28-11-13-33-14-12-28)19(29)15-20(32-5)23(24)27;1-16(27)13-33-18-11-17(32-14-22(28)29)12-19-23(18)26(5)10-7-20-24(2,3)8-6-9-25(20,4)21(26)15-34(19,30)31;1-23(2)10-6-11-24(3)19(23)9-12-25(4)20(24)15-31(28,29)18-14-16(7-8-21(26)27)13-17(30-5)22(18)25;1-22(2)9-5-10-23(3)18(22)8-11-24(4)19(23)14-30(28,29)17-13-15(6-7-20(26)27)12-16(25)21(17)24;/h15,21-22,29H,6-14,16-17H2,1-5H3;11-12,20-21,27H,1,6-10,13-15H2,2-5H3,(H,28,29);13-14,19-20H,6-12,15H2,1-5H3,(H,26,27);12-13,18-19,25H,5-11,14H2,1-4H3,(H,26,27);1H4/t21-,22+,26-,27+;20-,21+,25-,26+;19-,20+,24-,25+;18-,19+,23-,24+;/m0000./s1. The number of carboxylic acids is 3. The van der Waals surface area contributed by atoms with Crippen LogP contribution in [0.5, 0.6) is 34.5 Å². The lowest BCUT2D eigenvalue weighted by atomic mass is 9.42. The fourth-order valence-electron chi connectivity index (χ4n) is 31.1. The van der Waals surface area contributed by atoms with Crippen LogP contribution in [-0.4, -0.2) is 164 Å². The van der Waals surface area contributed by atoms with Crippen molar-refractivity contribution in [2.24, 2.45) is 90.7 Å². The lowest BCUT2D eigenvalue weighted by Crippen LogP contribution is -2.60. The van der Waals surface area contributed by atoms with Gasteiger partial charge in [0.25, 0.3) is 0 Å². The topological polar surface area (TPSA) is 359 Å². The molecule has 4 aromatic rings. The first-order chi connectivity index (χ1) is 59.8. The number of nitrogens with zero attached hydrogens (tertiary/aromatic N) is 1. The number of phenolic OH excluding ortho intramolecular Hbond substituents is 2. The van der Waals surface area contributed by atoms with E-state index in [1.54, 1.807) is 44.6 Å². The van der Waals surface area contributed by atoms with Gasteiger partial charge in [0.2, 0.25) is 0 Å². The van der Waals surface area contributed by atoms with Crippen LogP contribution in [-0.2, 0) is 99.5 Å². The predicted octanol–water partition coefficient (Wildman–Crippen LogP) is 19.7. The van der Waals surface area contributed by atoms with Crippen molar-refractivity contribution >= 4 is 57.3 Å². The molecule has 17 rings (SSSR count). The van der Waals surface area contributed by atoms with E-state index in [4.69, 9.17) is 39.0 Å². The van der Waals surface area contributed by atoms with Crippen LogP contribution in [0.25, 0.3) is 0 Å². The Morgan fingerprint density at radius 2 is 0.762 bits per heavy atom. The Labute approximate surface area is 775 Å². The summed E-state index contributed by atoms with van der Waals surface area (Å²) in [6.45, 7) is 42.7. The second-order valence-corrected chi connectivity index (χ2v) is 54.2. The zero-order valence-electron chi connectivity index (χ0n) is 79.9. The third kappa shape index (κ3) is 17.5. The Hall–Kier alpha value is -6.65. The number of hydrogen-bond acceptors (Lipinski definition) is 20. The number of aliphatic carboxylic acids is 3. The first-order valence-electron chi connectivity index (χ1n) is 47.5. The van der Waals surface area contributed by atoms with Crippen LogP contribution in [0.1, 0.15) is 298 Å².